The van der Waals surface area contributed by atoms with Crippen molar-refractivity contribution in [2.45, 2.75) is 19.8 Å². The molecule has 0 aliphatic carbocycles. The first-order chi connectivity index (χ1) is 12.6. The van der Waals surface area contributed by atoms with Crippen LogP contribution in [0.3, 0.4) is 0 Å². The lowest BCUT2D eigenvalue weighted by Gasteiger charge is -2.27. The third-order valence-electron chi connectivity index (χ3n) is 4.14. The number of nitrogens with two attached hydrogens (primary N) is 2. The number of nitriles is 1. The van der Waals surface area contributed by atoms with Crippen LogP contribution in [0.4, 0.5) is 5.69 Å². The minimum atomic E-state index is -0.362. The summed E-state index contributed by atoms with van der Waals surface area (Å²) in [4.78, 5) is 0. The third kappa shape index (κ3) is 3.11. The molecule has 0 saturated heterocycles. The van der Waals surface area contributed by atoms with E-state index in [0.717, 1.165) is 11.1 Å². The first-order valence-electron chi connectivity index (χ1n) is 8.45. The van der Waals surface area contributed by atoms with E-state index < -0.39 is 0 Å². The van der Waals surface area contributed by atoms with Crippen LogP contribution in [-0.4, -0.2) is 13.2 Å². The second-order valence-corrected chi connectivity index (χ2v) is 5.79. The fraction of sp³-hybridized carbons (Fsp3) is 0.250. The van der Waals surface area contributed by atoms with E-state index in [4.69, 9.17) is 25.7 Å². The zero-order valence-electron chi connectivity index (χ0n) is 14.8. The molecule has 1 atom stereocenters. The molecule has 0 bridgehead atoms. The maximum atomic E-state index is 9.64. The van der Waals surface area contributed by atoms with Gasteiger partial charge in [0.25, 0.3) is 0 Å². The summed E-state index contributed by atoms with van der Waals surface area (Å²) in [6.07, 6.45) is 0. The maximum absolute atomic E-state index is 9.64. The molecule has 0 saturated carbocycles. The monoisotopic (exact) mass is 351 g/mol. The maximum Gasteiger partial charge on any atom is 0.205 e. The van der Waals surface area contributed by atoms with Crippen molar-refractivity contribution in [2.24, 2.45) is 5.73 Å². The van der Waals surface area contributed by atoms with Crippen molar-refractivity contribution in [1.82, 2.24) is 0 Å². The van der Waals surface area contributed by atoms with Crippen LogP contribution in [0, 0.1) is 11.3 Å². The number of nitrogens with zero attached hydrogens (tertiary/aromatic N) is 1. The summed E-state index contributed by atoms with van der Waals surface area (Å²) in [5, 5.41) is 9.64. The van der Waals surface area contributed by atoms with Crippen molar-refractivity contribution < 1.29 is 14.2 Å². The predicted molar refractivity (Wildman–Crippen MR) is 98.9 cm³/mol. The number of nitrogen functional groups attached to an aromatic ring is 1. The van der Waals surface area contributed by atoms with E-state index in [1.54, 1.807) is 12.1 Å². The molecule has 1 aliphatic heterocycles. The molecule has 0 radical (unpaired) electrons. The number of allylic oxidation sites excluding steroid dienone is 1. The Bertz CT molecular complexity index is 900. The van der Waals surface area contributed by atoms with Gasteiger partial charge in [-0.2, -0.15) is 5.26 Å². The van der Waals surface area contributed by atoms with Crippen molar-refractivity contribution in [3.8, 4) is 23.3 Å². The molecule has 2 aromatic rings. The second kappa shape index (κ2) is 7.28. The molecular weight excluding hydrogens is 330 g/mol. The highest BCUT2D eigenvalue weighted by atomic mass is 16.5. The highest BCUT2D eigenvalue weighted by Gasteiger charge is 2.31. The molecular formula is C20H21N3O3. The molecule has 6 heteroatoms. The molecule has 2 aromatic carbocycles. The molecule has 0 fully saturated rings. The normalized spacial score (nSPS) is 15.7. The number of anilines is 1. The zero-order chi connectivity index (χ0) is 18.7. The molecule has 134 valence electrons. The Labute approximate surface area is 152 Å². The Hall–Kier alpha value is -3.33. The van der Waals surface area contributed by atoms with Gasteiger partial charge in [-0.15, -0.1) is 0 Å². The Morgan fingerprint density at radius 2 is 1.77 bits per heavy atom. The van der Waals surface area contributed by atoms with Crippen LogP contribution in [0.5, 0.6) is 17.2 Å². The Balaban J connectivity index is 2.15. The van der Waals surface area contributed by atoms with E-state index in [1.807, 2.05) is 38.1 Å². The van der Waals surface area contributed by atoms with Crippen LogP contribution in [0.1, 0.15) is 30.9 Å². The van der Waals surface area contributed by atoms with Gasteiger partial charge in [-0.25, -0.2) is 0 Å². The molecule has 1 heterocycles. The third-order valence-corrected chi connectivity index (χ3v) is 4.14. The lowest BCUT2D eigenvalue weighted by Crippen LogP contribution is -2.21. The van der Waals surface area contributed by atoms with Crippen molar-refractivity contribution in [1.29, 1.82) is 5.26 Å². The summed E-state index contributed by atoms with van der Waals surface area (Å²) in [6.45, 7) is 4.87. The van der Waals surface area contributed by atoms with E-state index in [-0.39, 0.29) is 11.8 Å². The zero-order valence-corrected chi connectivity index (χ0v) is 14.8. The molecule has 26 heavy (non-hydrogen) atoms. The van der Waals surface area contributed by atoms with Crippen LogP contribution in [0.25, 0.3) is 0 Å². The summed E-state index contributed by atoms with van der Waals surface area (Å²) in [5.41, 5.74) is 14.5. The Morgan fingerprint density at radius 1 is 1.04 bits per heavy atom. The lowest BCUT2D eigenvalue weighted by molar-refractivity contribution is 0.287. The molecule has 3 rings (SSSR count). The van der Waals surface area contributed by atoms with Crippen LogP contribution in [0.15, 0.2) is 47.9 Å². The summed E-state index contributed by atoms with van der Waals surface area (Å²) in [6, 6.07) is 13.2. The average molecular weight is 351 g/mol. The fourth-order valence-corrected chi connectivity index (χ4v) is 3.06. The van der Waals surface area contributed by atoms with Crippen molar-refractivity contribution >= 4 is 5.69 Å². The quantitative estimate of drug-likeness (QED) is 0.801. The van der Waals surface area contributed by atoms with E-state index in [1.165, 1.54) is 0 Å². The lowest BCUT2D eigenvalue weighted by atomic mass is 9.83. The van der Waals surface area contributed by atoms with Crippen LogP contribution < -0.4 is 25.7 Å². The molecule has 4 N–H and O–H groups in total. The first kappa shape index (κ1) is 17.5. The number of benzene rings is 2. The number of rotatable bonds is 5. The average Bonchev–Trinajstić information content (AvgIpc) is 2.62. The second-order valence-electron chi connectivity index (χ2n) is 5.79. The smallest absolute Gasteiger partial charge is 0.205 e. The van der Waals surface area contributed by atoms with Crippen LogP contribution >= 0.6 is 0 Å². The molecule has 0 spiro atoms. The SMILES string of the molecule is CCOc1ccc(C2C(C#N)=C(N)Oc3cc(N)ccc32)cc1OCC. The van der Waals surface area contributed by atoms with Crippen LogP contribution in [-0.2, 0) is 0 Å². The number of hydrogen-bond donors (Lipinski definition) is 2. The predicted octanol–water partition coefficient (Wildman–Crippen LogP) is 3.28. The van der Waals surface area contributed by atoms with Gasteiger partial charge in [-0.1, -0.05) is 12.1 Å². The minimum Gasteiger partial charge on any atom is -0.490 e. The molecule has 6 nitrogen and oxygen atoms in total. The van der Waals surface area contributed by atoms with Gasteiger partial charge >= 0.3 is 0 Å². The standard InChI is InChI=1S/C20H21N3O3/c1-3-24-16-8-5-12(9-18(16)25-4-2)19-14-7-6-13(22)10-17(14)26-20(23)15(19)11-21/h5-10,19H,3-4,22-23H2,1-2H3. The van der Waals surface area contributed by atoms with Gasteiger partial charge in [0.2, 0.25) is 5.88 Å². The van der Waals surface area contributed by atoms with E-state index in [0.29, 0.717) is 41.7 Å². The van der Waals surface area contributed by atoms with E-state index in [9.17, 15) is 5.26 Å². The van der Waals surface area contributed by atoms with Gasteiger partial charge in [0, 0.05) is 17.3 Å². The van der Waals surface area contributed by atoms with Gasteiger partial charge in [-0.05, 0) is 37.6 Å². The van der Waals surface area contributed by atoms with Gasteiger partial charge in [0.1, 0.15) is 17.4 Å². The van der Waals surface area contributed by atoms with Crippen molar-refractivity contribution in [3.05, 3.63) is 59.0 Å². The van der Waals surface area contributed by atoms with E-state index >= 15 is 0 Å². The highest BCUT2D eigenvalue weighted by molar-refractivity contribution is 5.60. The van der Waals surface area contributed by atoms with Gasteiger partial charge in [-0.3, -0.25) is 0 Å². The highest BCUT2D eigenvalue weighted by Crippen LogP contribution is 2.44. The summed E-state index contributed by atoms with van der Waals surface area (Å²) in [5.74, 6) is 1.57. The fourth-order valence-electron chi connectivity index (χ4n) is 3.06. The van der Waals surface area contributed by atoms with Gasteiger partial charge < -0.3 is 25.7 Å². The topological polar surface area (TPSA) is 104 Å². The minimum absolute atomic E-state index is 0.0856. The Morgan fingerprint density at radius 3 is 2.46 bits per heavy atom. The molecule has 1 unspecified atom stereocenters. The molecule has 0 amide bonds. The number of hydrogen-bond acceptors (Lipinski definition) is 6. The van der Waals surface area contributed by atoms with Crippen molar-refractivity contribution in [2.75, 3.05) is 18.9 Å². The summed E-state index contributed by atoms with van der Waals surface area (Å²) >= 11 is 0. The largest absolute Gasteiger partial charge is 0.490 e. The van der Waals surface area contributed by atoms with Crippen LogP contribution in [0.2, 0.25) is 0 Å². The van der Waals surface area contributed by atoms with Gasteiger partial charge in [0.15, 0.2) is 11.5 Å². The molecule has 0 aromatic heterocycles. The number of ether oxygens (including phenoxy) is 3. The van der Waals surface area contributed by atoms with Crippen molar-refractivity contribution in [3.63, 3.8) is 0 Å². The summed E-state index contributed by atoms with van der Waals surface area (Å²) in [7, 11) is 0. The van der Waals surface area contributed by atoms with E-state index in [2.05, 4.69) is 6.07 Å². The first-order valence-corrected chi connectivity index (χ1v) is 8.45. The summed E-state index contributed by atoms with van der Waals surface area (Å²) < 4.78 is 16.9. The van der Waals surface area contributed by atoms with Gasteiger partial charge in [0.05, 0.1) is 19.1 Å². The number of fused-ring (bicyclic) bond motifs is 1. The Kier molecular flexibility index (Phi) is 4.90. The molecule has 1 aliphatic rings.